The second-order valence-corrected chi connectivity index (χ2v) is 7.39. The Morgan fingerprint density at radius 1 is 1.29 bits per heavy atom. The third kappa shape index (κ3) is 3.86. The molecule has 0 spiro atoms. The van der Waals surface area contributed by atoms with E-state index in [2.05, 4.69) is 34.2 Å². The second-order valence-electron chi connectivity index (χ2n) is 5.20. The van der Waals surface area contributed by atoms with Crippen LogP contribution >= 0.6 is 27.3 Å². The molecule has 1 aromatic heterocycles. The van der Waals surface area contributed by atoms with E-state index in [-0.39, 0.29) is 5.91 Å². The molecule has 112 valence electrons. The summed E-state index contributed by atoms with van der Waals surface area (Å²) in [7, 11) is 3.53. The van der Waals surface area contributed by atoms with Crippen LogP contribution in [0.1, 0.15) is 25.7 Å². The number of rotatable bonds is 4. The molecule has 0 aliphatic carbocycles. The van der Waals surface area contributed by atoms with Crippen LogP contribution in [0.2, 0.25) is 0 Å². The molecule has 0 unspecified atom stereocenters. The fraction of sp³-hybridized carbons (Fsp3) is 0.312. The lowest BCUT2D eigenvalue weighted by molar-refractivity contribution is 0.0827. The van der Waals surface area contributed by atoms with E-state index in [0.29, 0.717) is 5.56 Å². The van der Waals surface area contributed by atoms with E-state index < -0.39 is 0 Å². The number of nitrogens with one attached hydrogen (secondary N) is 1. The highest BCUT2D eigenvalue weighted by Crippen LogP contribution is 2.27. The lowest BCUT2D eigenvalue weighted by Gasteiger charge is -2.14. The van der Waals surface area contributed by atoms with Crippen molar-refractivity contribution in [1.82, 2.24) is 4.90 Å². The zero-order valence-corrected chi connectivity index (χ0v) is 15.1. The van der Waals surface area contributed by atoms with E-state index in [1.54, 1.807) is 30.3 Å². The summed E-state index contributed by atoms with van der Waals surface area (Å²) in [4.78, 5) is 16.2. The molecule has 1 aromatic carbocycles. The van der Waals surface area contributed by atoms with Crippen molar-refractivity contribution < 1.29 is 4.79 Å². The predicted octanol–water partition coefficient (Wildman–Crippen LogP) is 4.44. The summed E-state index contributed by atoms with van der Waals surface area (Å²) in [5.74, 6) is 0.0211. The molecule has 0 radical (unpaired) electrons. The maximum absolute atomic E-state index is 12.0. The normalized spacial score (nSPS) is 10.5. The summed E-state index contributed by atoms with van der Waals surface area (Å²) in [6.45, 7) is 4.90. The Kier molecular flexibility index (Phi) is 5.06. The van der Waals surface area contributed by atoms with Gasteiger partial charge in [0.25, 0.3) is 5.91 Å². The molecule has 0 saturated carbocycles. The number of nitrogens with zero attached hydrogens (tertiary/aromatic N) is 1. The van der Waals surface area contributed by atoms with Crippen LogP contribution in [0.3, 0.4) is 0 Å². The first-order valence-corrected chi connectivity index (χ1v) is 8.30. The van der Waals surface area contributed by atoms with Crippen LogP contribution in [0, 0.1) is 13.8 Å². The van der Waals surface area contributed by atoms with Gasteiger partial charge in [-0.2, -0.15) is 0 Å². The minimum absolute atomic E-state index is 0.0211. The fourth-order valence-electron chi connectivity index (χ4n) is 1.99. The van der Waals surface area contributed by atoms with Crippen LogP contribution in [-0.2, 0) is 6.54 Å². The van der Waals surface area contributed by atoms with Gasteiger partial charge in [0, 0.05) is 46.1 Å². The number of carbonyl (C=O) groups is 1. The lowest BCUT2D eigenvalue weighted by atomic mass is 10.1. The molecule has 1 heterocycles. The predicted molar refractivity (Wildman–Crippen MR) is 93.3 cm³/mol. The Morgan fingerprint density at radius 3 is 2.57 bits per heavy atom. The summed E-state index contributed by atoms with van der Waals surface area (Å²) < 4.78 is 1.15. The highest BCUT2D eigenvalue weighted by molar-refractivity contribution is 9.10. The summed E-state index contributed by atoms with van der Waals surface area (Å²) in [5.41, 5.74) is 2.85. The molecule has 2 rings (SSSR count). The van der Waals surface area contributed by atoms with Gasteiger partial charge in [0.05, 0.1) is 0 Å². The number of aryl methyl sites for hydroxylation is 2. The Balaban J connectivity index is 2.15. The van der Waals surface area contributed by atoms with Crippen LogP contribution in [0.25, 0.3) is 0 Å². The molecule has 0 atom stereocenters. The van der Waals surface area contributed by atoms with Crippen LogP contribution in [0.15, 0.2) is 28.7 Å². The van der Waals surface area contributed by atoms with Gasteiger partial charge >= 0.3 is 0 Å². The van der Waals surface area contributed by atoms with E-state index in [4.69, 9.17) is 0 Å². The van der Waals surface area contributed by atoms with Gasteiger partial charge < -0.3 is 10.2 Å². The molecule has 1 amide bonds. The number of carbonyl (C=O) groups excluding carboxylic acids is 1. The van der Waals surface area contributed by atoms with Crippen molar-refractivity contribution in [3.8, 4) is 0 Å². The fourth-order valence-corrected chi connectivity index (χ4v) is 3.53. The van der Waals surface area contributed by atoms with Crippen LogP contribution < -0.4 is 5.32 Å². The van der Waals surface area contributed by atoms with Crippen molar-refractivity contribution in [1.29, 1.82) is 0 Å². The molecule has 3 nitrogen and oxygen atoms in total. The molecule has 0 fully saturated rings. The van der Waals surface area contributed by atoms with Gasteiger partial charge in [0.2, 0.25) is 0 Å². The van der Waals surface area contributed by atoms with Gasteiger partial charge in [-0.1, -0.05) is 6.07 Å². The number of halogens is 1. The minimum Gasteiger partial charge on any atom is -0.380 e. The Bertz CT molecular complexity index is 645. The smallest absolute Gasteiger partial charge is 0.253 e. The Morgan fingerprint density at radius 2 is 2.00 bits per heavy atom. The van der Waals surface area contributed by atoms with Gasteiger partial charge in [-0.3, -0.25) is 4.79 Å². The Hall–Kier alpha value is -1.33. The van der Waals surface area contributed by atoms with Gasteiger partial charge in [-0.25, -0.2) is 0 Å². The largest absolute Gasteiger partial charge is 0.380 e. The maximum atomic E-state index is 12.0. The van der Waals surface area contributed by atoms with Crippen molar-refractivity contribution in [2.75, 3.05) is 19.4 Å². The molecule has 5 heteroatoms. The summed E-state index contributed by atoms with van der Waals surface area (Å²) >= 11 is 5.31. The van der Waals surface area contributed by atoms with Gasteiger partial charge in [0.1, 0.15) is 0 Å². The summed E-state index contributed by atoms with van der Waals surface area (Å²) in [6.07, 6.45) is 0. The van der Waals surface area contributed by atoms with Crippen molar-refractivity contribution in [3.63, 3.8) is 0 Å². The molecule has 0 aliphatic heterocycles. The van der Waals surface area contributed by atoms with E-state index >= 15 is 0 Å². The lowest BCUT2D eigenvalue weighted by Crippen LogP contribution is -2.21. The summed E-state index contributed by atoms with van der Waals surface area (Å²) in [6, 6.07) is 7.91. The molecule has 1 N–H and O–H groups in total. The zero-order chi connectivity index (χ0) is 15.6. The number of thiophene rings is 1. The standard InChI is InChI=1S/C16H19BrN2OS/c1-10-5-6-12(16(20)19(3)4)7-15(10)18-9-13-8-14(17)11(2)21-13/h5-8,18H,9H2,1-4H3. The van der Waals surface area contributed by atoms with Gasteiger partial charge in [-0.05, 0) is 53.5 Å². The third-order valence-electron chi connectivity index (χ3n) is 3.25. The Labute approximate surface area is 138 Å². The second kappa shape index (κ2) is 6.62. The molecule has 21 heavy (non-hydrogen) atoms. The monoisotopic (exact) mass is 366 g/mol. The maximum Gasteiger partial charge on any atom is 0.253 e. The van der Waals surface area contributed by atoms with Crippen LogP contribution in [0.5, 0.6) is 0 Å². The highest BCUT2D eigenvalue weighted by Gasteiger charge is 2.10. The van der Waals surface area contributed by atoms with E-state index in [1.807, 2.05) is 25.1 Å². The average Bonchev–Trinajstić information content (AvgIpc) is 2.76. The van der Waals surface area contributed by atoms with Gasteiger partial charge in [0.15, 0.2) is 0 Å². The molecule has 0 bridgehead atoms. The molecule has 0 saturated heterocycles. The van der Waals surface area contributed by atoms with Crippen molar-refractivity contribution in [3.05, 3.63) is 49.6 Å². The SMILES string of the molecule is Cc1ccc(C(=O)N(C)C)cc1NCc1cc(Br)c(C)s1. The van der Waals surface area contributed by atoms with Crippen LogP contribution in [0.4, 0.5) is 5.69 Å². The molecular weight excluding hydrogens is 348 g/mol. The summed E-state index contributed by atoms with van der Waals surface area (Å²) in [5, 5.41) is 3.42. The molecule has 0 aliphatic rings. The van der Waals surface area contributed by atoms with Crippen LogP contribution in [-0.4, -0.2) is 24.9 Å². The number of benzene rings is 1. The van der Waals surface area contributed by atoms with E-state index in [0.717, 1.165) is 22.3 Å². The quantitative estimate of drug-likeness (QED) is 0.867. The number of anilines is 1. The minimum atomic E-state index is 0.0211. The van der Waals surface area contributed by atoms with E-state index in [1.165, 1.54) is 9.75 Å². The first-order valence-electron chi connectivity index (χ1n) is 6.69. The zero-order valence-electron chi connectivity index (χ0n) is 12.7. The first kappa shape index (κ1) is 16.0. The van der Waals surface area contributed by atoms with Crippen molar-refractivity contribution in [2.45, 2.75) is 20.4 Å². The first-order chi connectivity index (χ1) is 9.88. The number of amides is 1. The molecule has 2 aromatic rings. The number of hydrogen-bond donors (Lipinski definition) is 1. The topological polar surface area (TPSA) is 32.3 Å². The average molecular weight is 367 g/mol. The van der Waals surface area contributed by atoms with Crippen molar-refractivity contribution in [2.24, 2.45) is 0 Å². The van der Waals surface area contributed by atoms with E-state index in [9.17, 15) is 4.79 Å². The highest BCUT2D eigenvalue weighted by atomic mass is 79.9. The number of hydrogen-bond acceptors (Lipinski definition) is 3. The van der Waals surface area contributed by atoms with Crippen molar-refractivity contribution >= 4 is 38.9 Å². The third-order valence-corrected chi connectivity index (χ3v) is 5.39. The molecular formula is C16H19BrN2OS. The van der Waals surface area contributed by atoms with Gasteiger partial charge in [-0.15, -0.1) is 11.3 Å².